The first kappa shape index (κ1) is 32.5. The summed E-state index contributed by atoms with van der Waals surface area (Å²) >= 11 is 0. The van der Waals surface area contributed by atoms with Crippen molar-refractivity contribution in [3.05, 3.63) is 29.8 Å². The molecular formula is C15H5F17O4S. The maximum absolute atomic E-state index is 13.9. The van der Waals surface area contributed by atoms with Gasteiger partial charge in [0.05, 0.1) is 0 Å². The molecule has 0 fully saturated rings. The fraction of sp³-hybridized carbons (Fsp3) is 0.533. The molecule has 0 N–H and O–H groups in total. The highest BCUT2D eigenvalue weighted by Gasteiger charge is 2.96. The van der Waals surface area contributed by atoms with E-state index in [-0.39, 0.29) is 24.0 Å². The van der Waals surface area contributed by atoms with Crippen molar-refractivity contribution in [1.29, 1.82) is 0 Å². The molecule has 1 aromatic carbocycles. The Morgan fingerprint density at radius 1 is 0.541 bits per heavy atom. The molecule has 0 radical (unpaired) electrons. The van der Waals surface area contributed by atoms with Gasteiger partial charge in [0, 0.05) is 5.56 Å². The van der Waals surface area contributed by atoms with Crippen molar-refractivity contribution in [2.24, 2.45) is 0 Å². The van der Waals surface area contributed by atoms with E-state index in [9.17, 15) is 87.8 Å². The smallest absolute Gasteiger partial charge is 0.378 e. The highest BCUT2D eigenvalue weighted by atomic mass is 32.2. The van der Waals surface area contributed by atoms with Gasteiger partial charge in [-0.05, 0) is 24.3 Å². The van der Waals surface area contributed by atoms with Crippen LogP contribution in [0.1, 0.15) is 10.4 Å². The van der Waals surface area contributed by atoms with E-state index in [0.29, 0.717) is 12.1 Å². The first-order valence-corrected chi connectivity index (χ1v) is 9.62. The molecule has 22 heteroatoms. The molecule has 0 aliphatic heterocycles. The maximum atomic E-state index is 13.9. The van der Waals surface area contributed by atoms with E-state index in [2.05, 4.69) is 4.18 Å². The standard InChI is InChI=1S/C15H5F17O4S/c16-8(17,10(20,21)12(24,25)14(28,29)30)9(18,19)11(22,23)13(26,27)15(31,32)37(34,35)36-7-3-1-6(5-33)2-4-7/h1-5H. The number of carbonyl (C=O) groups excluding carboxylic acids is 1. The third-order valence-electron chi connectivity index (χ3n) is 4.23. The lowest BCUT2D eigenvalue weighted by Gasteiger charge is -2.42. The summed E-state index contributed by atoms with van der Waals surface area (Å²) < 4.78 is 250. The quantitative estimate of drug-likeness (QED) is 0.182. The molecule has 214 valence electrons. The number of rotatable bonds is 10. The second kappa shape index (κ2) is 8.75. The average molecular weight is 604 g/mol. The van der Waals surface area contributed by atoms with E-state index in [1.165, 1.54) is 0 Å². The Kier molecular flexibility index (Phi) is 7.68. The van der Waals surface area contributed by atoms with Crippen LogP contribution in [0.25, 0.3) is 0 Å². The molecule has 0 bridgehead atoms. The average Bonchev–Trinajstić information content (AvgIpc) is 2.72. The molecule has 0 saturated heterocycles. The summed E-state index contributed by atoms with van der Waals surface area (Å²) in [7, 11) is -7.71. The molecule has 1 rings (SSSR count). The van der Waals surface area contributed by atoms with E-state index < -0.39 is 62.8 Å². The van der Waals surface area contributed by atoms with Crippen LogP contribution in [0.2, 0.25) is 0 Å². The molecule has 0 amide bonds. The van der Waals surface area contributed by atoms with E-state index in [1.807, 2.05) is 0 Å². The SMILES string of the molecule is O=Cc1ccc(OS(=O)(=O)C(F)(F)C(F)(F)C(F)(F)C(F)(F)C(F)(F)C(F)(F)C(F)(F)C(F)(F)F)cc1. The highest BCUT2D eigenvalue weighted by Crippen LogP contribution is 2.64. The number of hydrogen-bond acceptors (Lipinski definition) is 4. The largest absolute Gasteiger partial charge is 0.460 e. The highest BCUT2D eigenvalue weighted by molar-refractivity contribution is 7.88. The van der Waals surface area contributed by atoms with Crippen LogP contribution >= 0.6 is 0 Å². The van der Waals surface area contributed by atoms with E-state index in [4.69, 9.17) is 0 Å². The number of alkyl halides is 17. The number of benzene rings is 1. The van der Waals surface area contributed by atoms with Crippen LogP contribution in [0.5, 0.6) is 5.75 Å². The fourth-order valence-corrected chi connectivity index (χ4v) is 3.00. The Bertz CT molecular complexity index is 1110. The molecule has 37 heavy (non-hydrogen) atoms. The molecule has 0 aliphatic carbocycles. The minimum Gasteiger partial charge on any atom is -0.378 e. The molecule has 0 saturated carbocycles. The lowest BCUT2D eigenvalue weighted by molar-refractivity contribution is -0.458. The van der Waals surface area contributed by atoms with Gasteiger partial charge in [0.25, 0.3) is 0 Å². The molecule has 0 atom stereocenters. The maximum Gasteiger partial charge on any atom is 0.460 e. The van der Waals surface area contributed by atoms with Gasteiger partial charge in [0.1, 0.15) is 12.0 Å². The minimum atomic E-state index is -8.92. The Hall–Kier alpha value is -2.55. The summed E-state index contributed by atoms with van der Waals surface area (Å²) in [6.45, 7) is 0. The molecule has 1 aromatic rings. The number of halogens is 17. The van der Waals surface area contributed by atoms with Gasteiger partial charge in [-0.15, -0.1) is 0 Å². The Morgan fingerprint density at radius 2 is 0.865 bits per heavy atom. The first-order valence-electron chi connectivity index (χ1n) is 8.22. The van der Waals surface area contributed by atoms with Crippen molar-refractivity contribution in [3.8, 4) is 5.75 Å². The van der Waals surface area contributed by atoms with Crippen molar-refractivity contribution in [3.63, 3.8) is 0 Å². The van der Waals surface area contributed by atoms with Crippen molar-refractivity contribution in [2.45, 2.75) is 47.0 Å². The summed E-state index contributed by atoms with van der Waals surface area (Å²) in [5.41, 5.74) is -0.383. The Morgan fingerprint density at radius 3 is 1.19 bits per heavy atom. The van der Waals surface area contributed by atoms with E-state index >= 15 is 0 Å². The summed E-state index contributed by atoms with van der Waals surface area (Å²) in [4.78, 5) is 10.4. The van der Waals surface area contributed by atoms with Gasteiger partial charge in [-0.1, -0.05) is 0 Å². The van der Waals surface area contributed by atoms with E-state index in [1.54, 1.807) is 0 Å². The molecular weight excluding hydrogens is 599 g/mol. The predicted octanol–water partition coefficient (Wildman–Crippen LogP) is 6.17. The predicted molar refractivity (Wildman–Crippen MR) is 82.1 cm³/mol. The second-order valence-corrected chi connectivity index (χ2v) is 8.27. The normalized spacial score (nSPS) is 15.5. The lowest BCUT2D eigenvalue weighted by Crippen LogP contribution is -2.75. The summed E-state index contributed by atoms with van der Waals surface area (Å²) in [6, 6.07) is 1.44. The van der Waals surface area contributed by atoms with Crippen molar-refractivity contribution in [1.82, 2.24) is 0 Å². The number of hydrogen-bond donors (Lipinski definition) is 0. The van der Waals surface area contributed by atoms with Crippen LogP contribution in [0.4, 0.5) is 74.6 Å². The van der Waals surface area contributed by atoms with Crippen molar-refractivity contribution >= 4 is 16.4 Å². The molecule has 0 unspecified atom stereocenters. The van der Waals surface area contributed by atoms with Crippen molar-refractivity contribution in [2.75, 3.05) is 0 Å². The second-order valence-electron chi connectivity index (χ2n) is 6.69. The van der Waals surface area contributed by atoms with Crippen LogP contribution in [0, 0.1) is 0 Å². The zero-order chi connectivity index (χ0) is 29.9. The van der Waals surface area contributed by atoms with Gasteiger partial charge in [0.15, 0.2) is 0 Å². The topological polar surface area (TPSA) is 60.4 Å². The van der Waals surface area contributed by atoms with Gasteiger partial charge < -0.3 is 4.18 Å². The van der Waals surface area contributed by atoms with Gasteiger partial charge in [-0.25, -0.2) is 0 Å². The molecule has 0 spiro atoms. The third-order valence-corrected chi connectivity index (χ3v) is 5.53. The van der Waals surface area contributed by atoms with Crippen LogP contribution in [-0.2, 0) is 10.1 Å². The monoisotopic (exact) mass is 604 g/mol. The third kappa shape index (κ3) is 4.43. The summed E-state index contributed by atoms with van der Waals surface area (Å²) in [5, 5.41) is -7.78. The number of aldehydes is 1. The van der Waals surface area contributed by atoms with Crippen LogP contribution in [0.3, 0.4) is 0 Å². The summed E-state index contributed by atoms with van der Waals surface area (Å²) in [6.07, 6.45) is -7.89. The van der Waals surface area contributed by atoms with Crippen LogP contribution in [0.15, 0.2) is 24.3 Å². The van der Waals surface area contributed by atoms with Crippen molar-refractivity contribution < 1.29 is 92.0 Å². The Labute approximate surface area is 192 Å². The Balaban J connectivity index is 3.66. The minimum absolute atomic E-state index is 0.0158. The van der Waals surface area contributed by atoms with Crippen LogP contribution < -0.4 is 4.18 Å². The van der Waals surface area contributed by atoms with E-state index in [0.717, 1.165) is 0 Å². The van der Waals surface area contributed by atoms with Gasteiger partial charge >= 0.3 is 57.1 Å². The molecule has 0 heterocycles. The summed E-state index contributed by atoms with van der Waals surface area (Å²) in [5.74, 6) is -53.6. The zero-order valence-electron chi connectivity index (χ0n) is 16.4. The molecule has 4 nitrogen and oxygen atoms in total. The van der Waals surface area contributed by atoms with Gasteiger partial charge in [-0.3, -0.25) is 4.79 Å². The zero-order valence-corrected chi connectivity index (χ0v) is 17.2. The molecule has 0 aliphatic rings. The lowest BCUT2D eigenvalue weighted by atomic mass is 9.91. The van der Waals surface area contributed by atoms with Gasteiger partial charge in [-0.2, -0.15) is 83.1 Å². The number of carbonyl (C=O) groups is 1. The van der Waals surface area contributed by atoms with Gasteiger partial charge in [0.2, 0.25) is 0 Å². The first-order chi connectivity index (χ1) is 16.0. The molecule has 0 aromatic heterocycles. The van der Waals surface area contributed by atoms with Crippen LogP contribution in [-0.4, -0.2) is 61.7 Å². The fourth-order valence-electron chi connectivity index (χ4n) is 2.09.